The van der Waals surface area contributed by atoms with E-state index in [-0.39, 0.29) is 11.9 Å². The number of hydrogen-bond acceptors (Lipinski definition) is 4. The Balaban J connectivity index is 1.88. The zero-order valence-corrected chi connectivity index (χ0v) is 15.9. The van der Waals surface area contributed by atoms with Crippen LogP contribution in [0.1, 0.15) is 61.3 Å². The fourth-order valence-corrected chi connectivity index (χ4v) is 3.36. The third-order valence-electron chi connectivity index (χ3n) is 4.71. The molecule has 1 aromatic heterocycles. The van der Waals surface area contributed by atoms with Crippen molar-refractivity contribution in [2.24, 2.45) is 4.99 Å². The molecule has 1 aromatic carbocycles. The maximum atomic E-state index is 13.0. The van der Waals surface area contributed by atoms with Crippen LogP contribution in [-0.4, -0.2) is 37.8 Å². The molecule has 0 radical (unpaired) electrons. The Morgan fingerprint density at radius 1 is 1.31 bits per heavy atom. The Morgan fingerprint density at radius 2 is 2.08 bits per heavy atom. The van der Waals surface area contributed by atoms with Crippen molar-refractivity contribution in [1.82, 2.24) is 19.7 Å². The van der Waals surface area contributed by atoms with E-state index in [1.807, 2.05) is 49.9 Å². The van der Waals surface area contributed by atoms with Crippen molar-refractivity contribution in [2.45, 2.75) is 46.7 Å². The van der Waals surface area contributed by atoms with Crippen molar-refractivity contribution in [2.75, 3.05) is 6.54 Å². The zero-order valence-electron chi connectivity index (χ0n) is 15.9. The molecule has 0 bridgehead atoms. The lowest BCUT2D eigenvalue weighted by atomic mass is 10.1. The van der Waals surface area contributed by atoms with Crippen LogP contribution in [-0.2, 0) is 13.0 Å². The summed E-state index contributed by atoms with van der Waals surface area (Å²) in [5.41, 5.74) is 3.41. The molecule has 0 spiro atoms. The Kier molecular flexibility index (Phi) is 5.02. The average Bonchev–Trinajstić information content (AvgIpc) is 3.06. The van der Waals surface area contributed by atoms with Crippen molar-refractivity contribution in [1.29, 1.82) is 0 Å². The molecule has 2 heterocycles. The largest absolute Gasteiger partial charge is 0.327 e. The number of benzene rings is 1. The maximum Gasteiger partial charge on any atom is 0.254 e. The van der Waals surface area contributed by atoms with E-state index >= 15 is 0 Å². The van der Waals surface area contributed by atoms with Crippen LogP contribution in [0.3, 0.4) is 0 Å². The highest BCUT2D eigenvalue weighted by Crippen LogP contribution is 2.26. The number of carbonyl (C=O) groups is 1. The molecule has 0 saturated carbocycles. The van der Waals surface area contributed by atoms with E-state index in [1.54, 1.807) is 0 Å². The van der Waals surface area contributed by atoms with Crippen molar-refractivity contribution in [3.63, 3.8) is 0 Å². The van der Waals surface area contributed by atoms with Crippen molar-refractivity contribution >= 4 is 11.6 Å². The number of fused-ring (bicyclic) bond motifs is 1. The molecule has 6 nitrogen and oxygen atoms in total. The van der Waals surface area contributed by atoms with E-state index in [1.165, 1.54) is 0 Å². The van der Waals surface area contributed by atoms with Gasteiger partial charge in [0, 0.05) is 24.4 Å². The third kappa shape index (κ3) is 3.31. The van der Waals surface area contributed by atoms with Gasteiger partial charge in [0.05, 0.1) is 11.8 Å². The van der Waals surface area contributed by atoms with Gasteiger partial charge in [0.1, 0.15) is 0 Å². The van der Waals surface area contributed by atoms with Crippen LogP contribution < -0.4 is 0 Å². The first kappa shape index (κ1) is 18.0. The zero-order chi connectivity index (χ0) is 18.8. The fraction of sp³-hybridized carbons (Fsp3) is 0.400. The molecule has 26 heavy (non-hydrogen) atoms. The van der Waals surface area contributed by atoms with Crippen molar-refractivity contribution in [3.05, 3.63) is 59.3 Å². The molecule has 1 aliphatic heterocycles. The van der Waals surface area contributed by atoms with E-state index in [0.717, 1.165) is 40.6 Å². The second-order valence-electron chi connectivity index (χ2n) is 6.69. The predicted molar refractivity (Wildman–Crippen MR) is 102 cm³/mol. The van der Waals surface area contributed by atoms with E-state index < -0.39 is 0 Å². The summed E-state index contributed by atoms with van der Waals surface area (Å²) >= 11 is 0. The van der Waals surface area contributed by atoms with Gasteiger partial charge >= 0.3 is 0 Å². The predicted octanol–water partition coefficient (Wildman–Crippen LogP) is 3.40. The second kappa shape index (κ2) is 7.23. The van der Waals surface area contributed by atoms with Gasteiger partial charge in [-0.25, -0.2) is 0 Å². The van der Waals surface area contributed by atoms with E-state index in [9.17, 15) is 4.79 Å². The fourth-order valence-electron chi connectivity index (χ4n) is 3.36. The first-order valence-electron chi connectivity index (χ1n) is 8.96. The minimum atomic E-state index is -0.139. The number of aliphatic imine (C=N–C) groups is 1. The smallest absolute Gasteiger partial charge is 0.254 e. The molecule has 0 N–H and O–H groups in total. The topological polar surface area (TPSA) is 63.4 Å². The SMILES string of the molecule is C=C(C)/N=C(\C)c1nnc2n1CCN(C(=O)c1cccc(CC)c1)[C@@H]2C. The summed E-state index contributed by atoms with van der Waals surface area (Å²) < 4.78 is 2.05. The maximum absolute atomic E-state index is 13.0. The van der Waals surface area contributed by atoms with Crippen LogP contribution in [0.15, 0.2) is 41.5 Å². The van der Waals surface area contributed by atoms with Gasteiger partial charge in [-0.1, -0.05) is 25.6 Å². The van der Waals surface area contributed by atoms with Crippen molar-refractivity contribution in [3.8, 4) is 0 Å². The standard InChI is InChI=1S/C20H25N5O/c1-6-16-8-7-9-17(12-16)20(26)24-10-11-25-18(14(4)21-13(2)3)22-23-19(25)15(24)5/h7-9,12,15H,2,6,10-11H2,1,3-5H3/b21-14+/t15-/m1/s1. The molecule has 1 aliphatic rings. The van der Waals surface area contributed by atoms with Gasteiger partial charge in [0.15, 0.2) is 11.6 Å². The molecule has 0 aliphatic carbocycles. The van der Waals surface area contributed by atoms with Gasteiger partial charge in [0.2, 0.25) is 0 Å². The molecule has 0 unspecified atom stereocenters. The van der Waals surface area contributed by atoms with Gasteiger partial charge in [0.25, 0.3) is 5.91 Å². The summed E-state index contributed by atoms with van der Waals surface area (Å²) in [6.45, 7) is 12.9. The normalized spacial score (nSPS) is 17.2. The number of nitrogens with zero attached hydrogens (tertiary/aromatic N) is 5. The van der Waals surface area contributed by atoms with Crippen LogP contribution in [0, 0.1) is 0 Å². The molecule has 0 saturated heterocycles. The summed E-state index contributed by atoms with van der Waals surface area (Å²) in [5.74, 6) is 1.58. The number of allylic oxidation sites excluding steroid dienone is 1. The lowest BCUT2D eigenvalue weighted by molar-refractivity contribution is 0.0637. The van der Waals surface area contributed by atoms with E-state index in [0.29, 0.717) is 13.1 Å². The first-order chi connectivity index (χ1) is 12.4. The van der Waals surface area contributed by atoms with Crippen LogP contribution in [0.4, 0.5) is 0 Å². The van der Waals surface area contributed by atoms with Crippen LogP contribution in [0.2, 0.25) is 0 Å². The summed E-state index contributed by atoms with van der Waals surface area (Å²) in [4.78, 5) is 19.3. The van der Waals surface area contributed by atoms with Crippen molar-refractivity contribution < 1.29 is 4.79 Å². The Morgan fingerprint density at radius 3 is 2.77 bits per heavy atom. The molecule has 0 fully saturated rings. The minimum Gasteiger partial charge on any atom is -0.327 e. The number of carbonyl (C=O) groups excluding carboxylic acids is 1. The number of aryl methyl sites for hydroxylation is 1. The third-order valence-corrected chi connectivity index (χ3v) is 4.71. The number of aromatic nitrogens is 3. The highest BCUT2D eigenvalue weighted by molar-refractivity contribution is 5.96. The Hall–Kier alpha value is -2.76. The monoisotopic (exact) mass is 351 g/mol. The summed E-state index contributed by atoms with van der Waals surface area (Å²) in [6, 6.07) is 7.70. The van der Waals surface area contributed by atoms with Crippen LogP contribution in [0.25, 0.3) is 0 Å². The first-order valence-corrected chi connectivity index (χ1v) is 8.96. The molecular formula is C20H25N5O. The van der Waals surface area contributed by atoms with Gasteiger partial charge in [-0.2, -0.15) is 0 Å². The molecule has 6 heteroatoms. The highest BCUT2D eigenvalue weighted by atomic mass is 16.2. The highest BCUT2D eigenvalue weighted by Gasteiger charge is 2.32. The summed E-state index contributed by atoms with van der Waals surface area (Å²) in [6.07, 6.45) is 0.912. The minimum absolute atomic E-state index is 0.0379. The molecule has 1 amide bonds. The molecule has 3 rings (SSSR count). The van der Waals surface area contributed by atoms with E-state index in [2.05, 4.69) is 33.3 Å². The number of amides is 1. The summed E-state index contributed by atoms with van der Waals surface area (Å²) in [7, 11) is 0. The quantitative estimate of drug-likeness (QED) is 0.793. The van der Waals surface area contributed by atoms with Gasteiger partial charge in [-0.3, -0.25) is 9.79 Å². The molecule has 1 atom stereocenters. The Bertz CT molecular complexity index is 880. The Labute approximate surface area is 154 Å². The van der Waals surface area contributed by atoms with E-state index in [4.69, 9.17) is 0 Å². The molecule has 2 aromatic rings. The van der Waals surface area contributed by atoms with Gasteiger partial charge in [-0.05, 0) is 44.9 Å². The number of rotatable bonds is 4. The van der Waals surface area contributed by atoms with Crippen LogP contribution in [0.5, 0.6) is 0 Å². The van der Waals surface area contributed by atoms with Gasteiger partial charge in [-0.15, -0.1) is 10.2 Å². The lowest BCUT2D eigenvalue weighted by Crippen LogP contribution is -2.41. The average molecular weight is 351 g/mol. The van der Waals surface area contributed by atoms with Gasteiger partial charge < -0.3 is 9.47 Å². The van der Waals surface area contributed by atoms with Crippen LogP contribution >= 0.6 is 0 Å². The summed E-state index contributed by atoms with van der Waals surface area (Å²) in [5, 5.41) is 8.63. The lowest BCUT2D eigenvalue weighted by Gasteiger charge is -2.33. The number of hydrogen-bond donors (Lipinski definition) is 0. The molecule has 136 valence electrons. The molecular weight excluding hydrogens is 326 g/mol. The second-order valence-corrected chi connectivity index (χ2v) is 6.69.